The molecule has 7 rings (SSSR count). The molecule has 0 aromatic heterocycles. The third kappa shape index (κ3) is 5.08. The van der Waals surface area contributed by atoms with Gasteiger partial charge in [0.15, 0.2) is 0 Å². The van der Waals surface area contributed by atoms with E-state index in [2.05, 4.69) is 51.2 Å². The van der Waals surface area contributed by atoms with E-state index in [1.807, 2.05) is 24.3 Å². The summed E-state index contributed by atoms with van der Waals surface area (Å²) in [5.41, 5.74) is 5.29. The van der Waals surface area contributed by atoms with Crippen molar-refractivity contribution in [3.8, 4) is 11.5 Å². The normalized spacial score (nSPS) is 20.6. The molecule has 0 radical (unpaired) electrons. The molecule has 1 aliphatic heterocycles. The Morgan fingerprint density at radius 1 is 0.562 bits per heavy atom. The molecule has 4 aromatic rings. The fourth-order valence-corrected chi connectivity index (χ4v) is 25.5. The molecule has 10 heteroatoms. The summed E-state index contributed by atoms with van der Waals surface area (Å²) in [6.45, 7) is 9.04. The van der Waals surface area contributed by atoms with E-state index < -0.39 is 52.7 Å². The fraction of sp³-hybridized carbons (Fsp3) is 0.263. The topological polar surface area (TPSA) is 18.5 Å². The van der Waals surface area contributed by atoms with E-state index in [-0.39, 0.29) is 18.8 Å². The summed E-state index contributed by atoms with van der Waals surface area (Å²) in [5, 5.41) is 2.66. The first kappa shape index (κ1) is 33.2. The maximum atomic E-state index is 13.7. The van der Waals surface area contributed by atoms with Gasteiger partial charge in [-0.15, -0.1) is 0 Å². The van der Waals surface area contributed by atoms with Crippen LogP contribution < -0.4 is 5.63 Å². The Bertz CT molecular complexity index is 1820. The van der Waals surface area contributed by atoms with Gasteiger partial charge >= 0.3 is 284 Å². The quantitative estimate of drug-likeness (QED) is 0.144. The summed E-state index contributed by atoms with van der Waals surface area (Å²) in [6.07, 6.45) is -7.65. The monoisotopic (exact) mass is 754 g/mol. The van der Waals surface area contributed by atoms with Crippen molar-refractivity contribution in [2.75, 3.05) is 0 Å². The summed E-state index contributed by atoms with van der Waals surface area (Å²) in [6, 6.07) is 26.0. The average molecular weight is 756 g/mol. The van der Waals surface area contributed by atoms with Crippen molar-refractivity contribution < 1.29 is 53.1 Å². The standard InChI is InChI=1S/C24H26Si.2C7H5F3O.Zr/c1-5-17-15-19-11-7-9-13-21(19)23(17)25(3,4)24-18(6-2)16-20-12-8-10-14-22(20)24;2*8-7(9,10)5-1-3-6(11)4-2-5;/h7-16H,5-6H2,1-4H3;2*1-4,11H;/q;;;+2/p-2. The van der Waals surface area contributed by atoms with Crippen LogP contribution >= 0.6 is 0 Å². The van der Waals surface area contributed by atoms with E-state index in [1.165, 1.54) is 45.8 Å². The van der Waals surface area contributed by atoms with E-state index in [4.69, 9.17) is 5.63 Å². The van der Waals surface area contributed by atoms with Crippen LogP contribution in [0.3, 0.4) is 0 Å². The van der Waals surface area contributed by atoms with Crippen molar-refractivity contribution in [1.29, 1.82) is 0 Å². The molecule has 0 amide bonds. The Morgan fingerprint density at radius 2 is 0.917 bits per heavy atom. The van der Waals surface area contributed by atoms with Gasteiger partial charge in [0.05, 0.1) is 0 Å². The molecule has 248 valence electrons. The first-order valence-electron chi connectivity index (χ1n) is 16.1. The van der Waals surface area contributed by atoms with Gasteiger partial charge < -0.3 is 0 Å². The minimum atomic E-state index is -5.12. The van der Waals surface area contributed by atoms with Crippen LogP contribution in [0.25, 0.3) is 10.4 Å². The van der Waals surface area contributed by atoms with Gasteiger partial charge in [0.2, 0.25) is 0 Å². The molecule has 4 bridgehead atoms. The van der Waals surface area contributed by atoms with Crippen LogP contribution in [0.1, 0.15) is 67.3 Å². The second kappa shape index (κ2) is 11.6. The number of alkyl halides is 6. The average Bonchev–Trinajstić information content (AvgIpc) is 3.59. The summed E-state index contributed by atoms with van der Waals surface area (Å²) in [4.78, 5) is 0. The predicted octanol–water partition coefficient (Wildman–Crippen LogP) is 11.8. The molecule has 1 heterocycles. The molecule has 2 atom stereocenters. The van der Waals surface area contributed by atoms with Crippen LogP contribution in [-0.4, -0.2) is 8.07 Å². The first-order valence-corrected chi connectivity index (χ1v) is 23.9. The van der Waals surface area contributed by atoms with Gasteiger partial charge in [-0.3, -0.25) is 0 Å². The van der Waals surface area contributed by atoms with Crippen LogP contribution in [0.4, 0.5) is 26.3 Å². The number of benzene rings is 4. The fourth-order valence-electron chi connectivity index (χ4n) is 8.46. The maximum absolute atomic E-state index is 13.7. The van der Waals surface area contributed by atoms with Crippen molar-refractivity contribution in [3.05, 3.63) is 142 Å². The SMILES string of the molecule is CCC1=C2c3ccccc3[CH]1[Zr]([O]c1ccc(C(F)(F)F)cc1)([O]c1ccc(C(F)(F)F)cc1)[CH]1C(CC)=C(c3ccccc31)[Si]2(C)C. The van der Waals surface area contributed by atoms with E-state index in [0.29, 0.717) is 12.8 Å². The van der Waals surface area contributed by atoms with Gasteiger partial charge in [-0.1, -0.05) is 0 Å². The van der Waals surface area contributed by atoms with E-state index in [9.17, 15) is 26.3 Å². The molecule has 2 unspecified atom stereocenters. The third-order valence-electron chi connectivity index (χ3n) is 10.2. The number of halogens is 6. The molecule has 4 aromatic carbocycles. The summed E-state index contributed by atoms with van der Waals surface area (Å²) >= 11 is -5.12. The zero-order valence-electron chi connectivity index (χ0n) is 26.9. The molecule has 2 nitrogen and oxygen atoms in total. The molecule has 2 aliphatic carbocycles. The Morgan fingerprint density at radius 3 is 1.25 bits per heavy atom. The predicted molar refractivity (Wildman–Crippen MR) is 174 cm³/mol. The number of rotatable bonds is 6. The van der Waals surface area contributed by atoms with Crippen molar-refractivity contribution in [1.82, 2.24) is 0 Å². The summed E-state index contributed by atoms with van der Waals surface area (Å²) in [5.74, 6) is 0.510. The number of fused-ring (bicyclic) bond motifs is 8. The van der Waals surface area contributed by atoms with E-state index in [1.54, 1.807) is 0 Å². The molecule has 48 heavy (non-hydrogen) atoms. The molecule has 0 N–H and O–H groups in total. The Kier molecular flexibility index (Phi) is 8.02. The van der Waals surface area contributed by atoms with E-state index in [0.717, 1.165) is 46.5 Å². The van der Waals surface area contributed by atoms with Crippen LogP contribution in [0.5, 0.6) is 11.5 Å². The van der Waals surface area contributed by atoms with Gasteiger partial charge in [-0.25, -0.2) is 0 Å². The minimum absolute atomic E-state index is 0.255. The molecule has 0 fully saturated rings. The molecule has 0 saturated carbocycles. The Labute approximate surface area is 282 Å². The van der Waals surface area contributed by atoms with Crippen LogP contribution in [-0.2, 0) is 33.5 Å². The third-order valence-corrected chi connectivity index (χ3v) is 23.8. The van der Waals surface area contributed by atoms with Gasteiger partial charge in [0, 0.05) is 0 Å². The van der Waals surface area contributed by atoms with Crippen LogP contribution in [0, 0.1) is 0 Å². The first-order chi connectivity index (χ1) is 22.7. The number of allylic oxidation sites excluding steroid dienone is 2. The Hall–Kier alpha value is -3.36. The van der Waals surface area contributed by atoms with Gasteiger partial charge in [0.1, 0.15) is 0 Å². The molecule has 3 aliphatic rings. The van der Waals surface area contributed by atoms with Crippen LogP contribution in [0.2, 0.25) is 13.1 Å². The van der Waals surface area contributed by atoms with E-state index >= 15 is 0 Å². The van der Waals surface area contributed by atoms with Crippen molar-refractivity contribution in [3.63, 3.8) is 0 Å². The van der Waals surface area contributed by atoms with Crippen molar-refractivity contribution in [2.45, 2.75) is 59.4 Å². The zero-order chi connectivity index (χ0) is 34.2. The second-order valence-electron chi connectivity index (χ2n) is 13.1. The Balaban J connectivity index is 1.56. The van der Waals surface area contributed by atoms with Crippen LogP contribution in [0.15, 0.2) is 108 Å². The molecular weight excluding hydrogens is 722 g/mol. The summed E-state index contributed by atoms with van der Waals surface area (Å²) < 4.78 is 95.9. The van der Waals surface area contributed by atoms with Gasteiger partial charge in [0.25, 0.3) is 0 Å². The molecule has 0 spiro atoms. The van der Waals surface area contributed by atoms with Gasteiger partial charge in [-0.2, -0.15) is 0 Å². The molecular formula is C38H34F6O2SiZr. The second-order valence-corrected chi connectivity index (χ2v) is 24.8. The van der Waals surface area contributed by atoms with Crippen molar-refractivity contribution >= 4 is 18.5 Å². The van der Waals surface area contributed by atoms with Crippen molar-refractivity contribution in [2.24, 2.45) is 0 Å². The molecule has 0 saturated heterocycles. The number of hydrogen-bond acceptors (Lipinski definition) is 2. The summed E-state index contributed by atoms with van der Waals surface area (Å²) in [7, 11) is -2.39. The zero-order valence-corrected chi connectivity index (χ0v) is 30.3. The van der Waals surface area contributed by atoms with Gasteiger partial charge in [-0.05, 0) is 0 Å². The number of hydrogen-bond donors (Lipinski definition) is 0.